The topological polar surface area (TPSA) is 75.7 Å². The fourth-order valence-corrected chi connectivity index (χ4v) is 4.53. The molecule has 1 aliphatic rings. The number of rotatable bonds is 7. The summed E-state index contributed by atoms with van der Waals surface area (Å²) in [7, 11) is 0. The molecule has 1 N–H and O–H groups in total. The molecular formula is C22H26N2O4S. The van der Waals surface area contributed by atoms with Crippen LogP contribution in [0.3, 0.4) is 0 Å². The Bertz CT molecular complexity index is 861. The molecule has 1 aromatic carbocycles. The second-order valence-electron chi connectivity index (χ2n) is 6.95. The molecule has 0 fully saturated rings. The molecule has 0 saturated carbocycles. The molecule has 0 bridgehead atoms. The number of thiophene rings is 1. The molecule has 1 heterocycles. The zero-order valence-electron chi connectivity index (χ0n) is 16.8. The van der Waals surface area contributed by atoms with Crippen LogP contribution < -0.4 is 5.32 Å². The van der Waals surface area contributed by atoms with Crippen molar-refractivity contribution in [3.8, 4) is 0 Å². The molecule has 2 amide bonds. The minimum atomic E-state index is -0.459. The Kier molecular flexibility index (Phi) is 7.04. The Balaban J connectivity index is 1.51. The molecule has 29 heavy (non-hydrogen) atoms. The first-order valence-corrected chi connectivity index (χ1v) is 10.8. The summed E-state index contributed by atoms with van der Waals surface area (Å²) in [6, 6.07) is 8.59. The summed E-state index contributed by atoms with van der Waals surface area (Å²) in [5.41, 5.74) is 2.35. The molecule has 0 saturated heterocycles. The van der Waals surface area contributed by atoms with Gasteiger partial charge in [-0.3, -0.25) is 9.59 Å². The number of hydrogen-bond donors (Lipinski definition) is 1. The van der Waals surface area contributed by atoms with E-state index in [1.165, 1.54) is 21.8 Å². The second kappa shape index (κ2) is 9.69. The Hall–Kier alpha value is -2.67. The van der Waals surface area contributed by atoms with Crippen molar-refractivity contribution in [1.82, 2.24) is 4.90 Å². The van der Waals surface area contributed by atoms with Crippen LogP contribution in [0.1, 0.15) is 57.2 Å². The van der Waals surface area contributed by atoms with Gasteiger partial charge in [0.2, 0.25) is 0 Å². The molecular weight excluding hydrogens is 388 g/mol. The number of carbonyl (C=O) groups excluding carboxylic acids is 3. The van der Waals surface area contributed by atoms with E-state index >= 15 is 0 Å². The van der Waals surface area contributed by atoms with Gasteiger partial charge in [-0.1, -0.05) is 0 Å². The highest BCUT2D eigenvalue weighted by Crippen LogP contribution is 2.30. The average Bonchev–Trinajstić information content (AvgIpc) is 3.18. The first-order valence-electron chi connectivity index (χ1n) is 9.99. The second-order valence-corrected chi connectivity index (χ2v) is 8.08. The normalized spacial score (nSPS) is 12.8. The van der Waals surface area contributed by atoms with Gasteiger partial charge in [0.15, 0.2) is 6.61 Å². The summed E-state index contributed by atoms with van der Waals surface area (Å²) < 4.78 is 5.16. The molecule has 154 valence electrons. The summed E-state index contributed by atoms with van der Waals surface area (Å²) >= 11 is 1.47. The van der Waals surface area contributed by atoms with Crippen molar-refractivity contribution < 1.29 is 19.1 Å². The van der Waals surface area contributed by atoms with Crippen molar-refractivity contribution in [2.24, 2.45) is 0 Å². The monoisotopic (exact) mass is 414 g/mol. The van der Waals surface area contributed by atoms with Gasteiger partial charge in [-0.05, 0) is 75.4 Å². The highest BCUT2D eigenvalue weighted by molar-refractivity contribution is 7.14. The van der Waals surface area contributed by atoms with Gasteiger partial charge in [0, 0.05) is 29.2 Å². The van der Waals surface area contributed by atoms with Gasteiger partial charge in [-0.25, -0.2) is 4.79 Å². The van der Waals surface area contributed by atoms with E-state index in [0.29, 0.717) is 29.2 Å². The van der Waals surface area contributed by atoms with Gasteiger partial charge in [0.1, 0.15) is 4.88 Å². The summed E-state index contributed by atoms with van der Waals surface area (Å²) in [5, 5.41) is 2.68. The zero-order chi connectivity index (χ0) is 20.8. The minimum absolute atomic E-state index is 0.0412. The molecule has 0 unspecified atom stereocenters. The van der Waals surface area contributed by atoms with Crippen LogP contribution >= 0.6 is 11.3 Å². The maximum atomic E-state index is 12.3. The fourth-order valence-electron chi connectivity index (χ4n) is 3.38. The number of nitrogens with one attached hydrogen (secondary N) is 1. The van der Waals surface area contributed by atoms with E-state index in [2.05, 4.69) is 5.32 Å². The van der Waals surface area contributed by atoms with Gasteiger partial charge in [-0.2, -0.15) is 0 Å². The number of anilines is 1. The number of fused-ring (bicyclic) bond motifs is 1. The van der Waals surface area contributed by atoms with Gasteiger partial charge < -0.3 is 15.0 Å². The lowest BCUT2D eigenvalue weighted by Crippen LogP contribution is -2.30. The average molecular weight is 415 g/mol. The lowest BCUT2D eigenvalue weighted by atomic mass is 9.99. The van der Waals surface area contributed by atoms with Crippen molar-refractivity contribution in [3.05, 3.63) is 51.2 Å². The molecule has 2 aromatic rings. The molecule has 3 rings (SSSR count). The number of hydrogen-bond acceptors (Lipinski definition) is 5. The van der Waals surface area contributed by atoms with Crippen molar-refractivity contribution in [1.29, 1.82) is 0 Å². The highest BCUT2D eigenvalue weighted by Gasteiger charge is 2.19. The van der Waals surface area contributed by atoms with Crippen molar-refractivity contribution in [2.75, 3.05) is 25.0 Å². The van der Waals surface area contributed by atoms with Crippen LogP contribution in [0.5, 0.6) is 0 Å². The van der Waals surface area contributed by atoms with Crippen LogP contribution in [-0.2, 0) is 22.4 Å². The third kappa shape index (κ3) is 5.23. The summed E-state index contributed by atoms with van der Waals surface area (Å²) in [6.07, 6.45) is 4.33. The smallest absolute Gasteiger partial charge is 0.348 e. The molecule has 0 radical (unpaired) electrons. The number of benzene rings is 1. The Labute approximate surface area is 174 Å². The summed E-state index contributed by atoms with van der Waals surface area (Å²) in [4.78, 5) is 40.2. The number of ether oxygens (including phenoxy) is 1. The fraction of sp³-hybridized carbons (Fsp3) is 0.409. The van der Waals surface area contributed by atoms with Gasteiger partial charge in [0.25, 0.3) is 11.8 Å². The van der Waals surface area contributed by atoms with E-state index in [1.54, 1.807) is 29.2 Å². The minimum Gasteiger partial charge on any atom is -0.451 e. The lowest BCUT2D eigenvalue weighted by Gasteiger charge is -2.18. The van der Waals surface area contributed by atoms with Crippen LogP contribution in [0.2, 0.25) is 0 Å². The molecule has 6 nitrogen and oxygen atoms in total. The third-order valence-corrected chi connectivity index (χ3v) is 6.22. The Morgan fingerprint density at radius 3 is 2.41 bits per heavy atom. The van der Waals surface area contributed by atoms with Crippen LogP contribution in [0.25, 0.3) is 0 Å². The number of esters is 1. The van der Waals surface area contributed by atoms with Gasteiger partial charge >= 0.3 is 5.97 Å². The van der Waals surface area contributed by atoms with E-state index in [9.17, 15) is 14.4 Å². The van der Waals surface area contributed by atoms with E-state index in [0.717, 1.165) is 25.7 Å². The molecule has 0 spiro atoms. The predicted molar refractivity (Wildman–Crippen MR) is 114 cm³/mol. The van der Waals surface area contributed by atoms with Crippen molar-refractivity contribution in [2.45, 2.75) is 39.5 Å². The maximum Gasteiger partial charge on any atom is 0.348 e. The number of carbonyl (C=O) groups is 3. The van der Waals surface area contributed by atoms with Crippen LogP contribution in [0.15, 0.2) is 30.3 Å². The lowest BCUT2D eigenvalue weighted by molar-refractivity contribution is -0.119. The SMILES string of the molecule is CCN(CC)C(=O)c1ccc(NC(=O)COC(=O)c2cc3c(s2)CCCC3)cc1. The Morgan fingerprint density at radius 2 is 1.76 bits per heavy atom. The maximum absolute atomic E-state index is 12.3. The van der Waals surface area contributed by atoms with E-state index < -0.39 is 11.9 Å². The molecule has 1 aliphatic carbocycles. The molecule has 1 aromatic heterocycles. The predicted octanol–water partition coefficient (Wildman–Crippen LogP) is 3.90. The standard InChI is InChI=1S/C22H26N2O4S/c1-3-24(4-2)21(26)15-9-11-17(12-10-15)23-20(25)14-28-22(27)19-13-16-7-5-6-8-18(16)29-19/h9-13H,3-8,14H2,1-2H3,(H,23,25). The van der Waals surface area contributed by atoms with Crippen molar-refractivity contribution >= 4 is 34.8 Å². The largest absolute Gasteiger partial charge is 0.451 e. The molecule has 0 atom stereocenters. The van der Waals surface area contributed by atoms with E-state index in [1.807, 2.05) is 19.9 Å². The van der Waals surface area contributed by atoms with Gasteiger partial charge in [0.05, 0.1) is 0 Å². The first kappa shape index (κ1) is 21.0. The van der Waals surface area contributed by atoms with Crippen LogP contribution in [0, 0.1) is 0 Å². The number of nitrogens with zero attached hydrogens (tertiary/aromatic N) is 1. The highest BCUT2D eigenvalue weighted by atomic mass is 32.1. The Morgan fingerprint density at radius 1 is 1.07 bits per heavy atom. The quantitative estimate of drug-likeness (QED) is 0.697. The molecule has 7 heteroatoms. The van der Waals surface area contributed by atoms with Crippen LogP contribution in [-0.4, -0.2) is 42.4 Å². The van der Waals surface area contributed by atoms with Crippen LogP contribution in [0.4, 0.5) is 5.69 Å². The number of amides is 2. The number of aryl methyl sites for hydroxylation is 2. The molecule has 0 aliphatic heterocycles. The summed E-state index contributed by atoms with van der Waals surface area (Å²) in [6.45, 7) is 4.81. The third-order valence-electron chi connectivity index (χ3n) is 5.00. The van der Waals surface area contributed by atoms with Crippen molar-refractivity contribution in [3.63, 3.8) is 0 Å². The zero-order valence-corrected chi connectivity index (χ0v) is 17.6. The van der Waals surface area contributed by atoms with Gasteiger partial charge in [-0.15, -0.1) is 11.3 Å². The van der Waals surface area contributed by atoms with E-state index in [-0.39, 0.29) is 12.5 Å². The first-order chi connectivity index (χ1) is 14.0. The van der Waals surface area contributed by atoms with E-state index in [4.69, 9.17) is 4.74 Å². The summed E-state index contributed by atoms with van der Waals surface area (Å²) in [5.74, 6) is -0.914.